The Balaban J connectivity index is 1.66. The van der Waals surface area contributed by atoms with Crippen LogP contribution in [0.15, 0.2) is 24.4 Å². The van der Waals surface area contributed by atoms with Crippen molar-refractivity contribution in [3.63, 3.8) is 0 Å². The van der Waals surface area contributed by atoms with Gasteiger partial charge in [-0.15, -0.1) is 0 Å². The van der Waals surface area contributed by atoms with Crippen molar-refractivity contribution in [3.8, 4) is 0 Å². The van der Waals surface area contributed by atoms with E-state index >= 15 is 0 Å². The van der Waals surface area contributed by atoms with Crippen LogP contribution < -0.4 is 4.90 Å². The molecule has 0 radical (unpaired) electrons. The number of carbonyl (C=O) groups is 1. The van der Waals surface area contributed by atoms with Crippen LogP contribution in [0.3, 0.4) is 0 Å². The fraction of sp³-hybridized carbons (Fsp3) is 0.308. The van der Waals surface area contributed by atoms with E-state index in [9.17, 15) is 4.79 Å². The number of benzene rings is 1. The van der Waals surface area contributed by atoms with Crippen molar-refractivity contribution in [2.24, 2.45) is 0 Å². The Morgan fingerprint density at radius 1 is 1.14 bits per heavy atom. The van der Waals surface area contributed by atoms with Crippen LogP contribution in [0, 0.1) is 0 Å². The number of amides is 1. The van der Waals surface area contributed by atoms with Gasteiger partial charge in [-0.1, -0.05) is 23.2 Å². The Morgan fingerprint density at radius 3 is 2.52 bits per heavy atom. The van der Waals surface area contributed by atoms with E-state index in [0.29, 0.717) is 28.7 Å². The summed E-state index contributed by atoms with van der Waals surface area (Å²) in [7, 11) is 0. The molecule has 0 unspecified atom stereocenters. The fourth-order valence-electron chi connectivity index (χ4n) is 2.25. The van der Waals surface area contributed by atoms with Crippen LogP contribution in [-0.4, -0.2) is 45.7 Å². The summed E-state index contributed by atoms with van der Waals surface area (Å²) in [5.41, 5.74) is 0.563. The number of hydrogen-bond donors (Lipinski definition) is 0. The summed E-state index contributed by atoms with van der Waals surface area (Å²) >= 11 is 13.0. The Morgan fingerprint density at radius 2 is 1.90 bits per heavy atom. The quantitative estimate of drug-likeness (QED) is 0.841. The summed E-state index contributed by atoms with van der Waals surface area (Å²) in [6.07, 6.45) is 1.75. The van der Waals surface area contributed by atoms with Gasteiger partial charge in [-0.2, -0.15) is 8.75 Å². The van der Waals surface area contributed by atoms with Gasteiger partial charge in [0.2, 0.25) is 0 Å². The molecule has 1 aromatic heterocycles. The van der Waals surface area contributed by atoms with Gasteiger partial charge in [0.1, 0.15) is 0 Å². The number of piperazine rings is 1. The number of aromatic nitrogens is 2. The van der Waals surface area contributed by atoms with Crippen LogP contribution in [0.4, 0.5) is 5.82 Å². The van der Waals surface area contributed by atoms with E-state index < -0.39 is 0 Å². The highest BCUT2D eigenvalue weighted by Crippen LogP contribution is 2.23. The van der Waals surface area contributed by atoms with Gasteiger partial charge < -0.3 is 9.80 Å². The van der Waals surface area contributed by atoms with Crippen molar-refractivity contribution in [2.75, 3.05) is 31.1 Å². The lowest BCUT2D eigenvalue weighted by atomic mass is 10.2. The minimum Gasteiger partial charge on any atom is -0.351 e. The molecule has 2 heterocycles. The zero-order valence-electron chi connectivity index (χ0n) is 11.0. The maximum atomic E-state index is 12.4. The number of carbonyl (C=O) groups excluding carboxylic acids is 1. The summed E-state index contributed by atoms with van der Waals surface area (Å²) < 4.78 is 8.21. The van der Waals surface area contributed by atoms with Gasteiger partial charge in [0.05, 0.1) is 28.0 Å². The Labute approximate surface area is 136 Å². The molecular weight excluding hydrogens is 331 g/mol. The average molecular weight is 343 g/mol. The molecule has 1 amide bonds. The van der Waals surface area contributed by atoms with Crippen LogP contribution in [-0.2, 0) is 0 Å². The molecule has 1 aliphatic heterocycles. The molecule has 3 rings (SSSR count). The zero-order chi connectivity index (χ0) is 14.8. The second kappa shape index (κ2) is 6.17. The number of anilines is 1. The topological polar surface area (TPSA) is 49.3 Å². The predicted octanol–water partition coefficient (Wildman–Crippen LogP) is 2.81. The van der Waals surface area contributed by atoms with Crippen LogP contribution in [0.1, 0.15) is 10.4 Å². The van der Waals surface area contributed by atoms with Crippen LogP contribution in [0.5, 0.6) is 0 Å². The normalized spacial score (nSPS) is 15.3. The maximum Gasteiger partial charge on any atom is 0.254 e. The first-order chi connectivity index (χ1) is 10.1. The van der Waals surface area contributed by atoms with Crippen molar-refractivity contribution in [1.29, 1.82) is 0 Å². The number of nitrogens with zero attached hydrogens (tertiary/aromatic N) is 4. The third kappa shape index (κ3) is 3.12. The van der Waals surface area contributed by atoms with E-state index in [4.69, 9.17) is 23.2 Å². The van der Waals surface area contributed by atoms with Gasteiger partial charge in [-0.3, -0.25) is 4.79 Å². The molecule has 0 atom stereocenters. The molecule has 1 fully saturated rings. The van der Waals surface area contributed by atoms with Crippen LogP contribution in [0.25, 0.3) is 0 Å². The minimum atomic E-state index is -0.0235. The van der Waals surface area contributed by atoms with Gasteiger partial charge >= 0.3 is 0 Å². The number of rotatable bonds is 2. The van der Waals surface area contributed by atoms with Crippen molar-refractivity contribution in [2.45, 2.75) is 0 Å². The van der Waals surface area contributed by atoms with Crippen molar-refractivity contribution >= 4 is 46.7 Å². The lowest BCUT2D eigenvalue weighted by Crippen LogP contribution is -2.48. The molecule has 0 aliphatic carbocycles. The molecule has 0 saturated carbocycles. The SMILES string of the molecule is O=C(c1ccc(Cl)c(Cl)c1)N1CCN(c2cnsn2)CC1. The molecular formula is C13H12Cl2N4OS. The van der Waals surface area contributed by atoms with E-state index in [0.717, 1.165) is 18.9 Å². The third-order valence-electron chi connectivity index (χ3n) is 3.41. The predicted molar refractivity (Wildman–Crippen MR) is 84.5 cm³/mol. The Hall–Kier alpha value is -1.37. The summed E-state index contributed by atoms with van der Waals surface area (Å²) in [4.78, 5) is 16.4. The molecule has 1 saturated heterocycles. The van der Waals surface area contributed by atoms with Gasteiger partial charge in [0, 0.05) is 31.7 Å². The number of hydrogen-bond acceptors (Lipinski definition) is 5. The van der Waals surface area contributed by atoms with Crippen LogP contribution in [0.2, 0.25) is 10.0 Å². The number of halogens is 2. The summed E-state index contributed by atoms with van der Waals surface area (Å²) in [6.45, 7) is 2.80. The van der Waals surface area contributed by atoms with E-state index in [-0.39, 0.29) is 5.91 Å². The second-order valence-electron chi connectivity index (χ2n) is 4.67. The van der Waals surface area contributed by atoms with Crippen molar-refractivity contribution in [1.82, 2.24) is 13.6 Å². The maximum absolute atomic E-state index is 12.4. The lowest BCUT2D eigenvalue weighted by molar-refractivity contribution is 0.0746. The van der Waals surface area contributed by atoms with Gasteiger partial charge in [-0.25, -0.2) is 0 Å². The van der Waals surface area contributed by atoms with Crippen molar-refractivity contribution in [3.05, 3.63) is 40.0 Å². The summed E-state index contributed by atoms with van der Waals surface area (Å²) in [6, 6.07) is 4.96. The standard InChI is InChI=1S/C13H12Cl2N4OS/c14-10-2-1-9(7-11(10)15)13(20)19-5-3-18(4-6-19)12-8-16-21-17-12/h1-2,7-8H,3-6H2. The summed E-state index contributed by atoms with van der Waals surface area (Å²) in [5, 5.41) is 0.851. The van der Waals surface area contributed by atoms with E-state index in [2.05, 4.69) is 13.6 Å². The highest BCUT2D eigenvalue weighted by molar-refractivity contribution is 6.99. The first-order valence-corrected chi connectivity index (χ1v) is 7.90. The highest BCUT2D eigenvalue weighted by atomic mass is 35.5. The minimum absolute atomic E-state index is 0.0235. The second-order valence-corrected chi connectivity index (χ2v) is 6.04. The molecule has 5 nitrogen and oxygen atoms in total. The lowest BCUT2D eigenvalue weighted by Gasteiger charge is -2.34. The molecule has 2 aromatic rings. The van der Waals surface area contributed by atoms with E-state index in [1.54, 1.807) is 24.4 Å². The molecule has 110 valence electrons. The zero-order valence-corrected chi connectivity index (χ0v) is 13.3. The van der Waals surface area contributed by atoms with Gasteiger partial charge in [0.15, 0.2) is 5.82 Å². The Kier molecular flexibility index (Phi) is 4.28. The first kappa shape index (κ1) is 14.6. The molecule has 0 bridgehead atoms. The average Bonchev–Trinajstić information content (AvgIpc) is 3.04. The van der Waals surface area contributed by atoms with Crippen LogP contribution >= 0.6 is 34.9 Å². The van der Waals surface area contributed by atoms with Crippen molar-refractivity contribution < 1.29 is 4.79 Å². The third-order valence-corrected chi connectivity index (χ3v) is 4.61. The smallest absolute Gasteiger partial charge is 0.254 e. The Bertz CT molecular complexity index is 642. The first-order valence-electron chi connectivity index (χ1n) is 6.42. The molecule has 0 spiro atoms. The molecule has 1 aliphatic rings. The van der Waals surface area contributed by atoms with E-state index in [1.165, 1.54) is 11.7 Å². The van der Waals surface area contributed by atoms with Gasteiger partial charge in [0.25, 0.3) is 5.91 Å². The molecule has 21 heavy (non-hydrogen) atoms. The fourth-order valence-corrected chi connectivity index (χ4v) is 2.98. The monoisotopic (exact) mass is 342 g/mol. The molecule has 0 N–H and O–H groups in total. The largest absolute Gasteiger partial charge is 0.351 e. The molecule has 8 heteroatoms. The molecule has 1 aromatic carbocycles. The summed E-state index contributed by atoms with van der Waals surface area (Å²) in [5.74, 6) is 0.853. The van der Waals surface area contributed by atoms with E-state index in [1.807, 2.05) is 4.90 Å². The van der Waals surface area contributed by atoms with Gasteiger partial charge in [-0.05, 0) is 18.2 Å². The highest BCUT2D eigenvalue weighted by Gasteiger charge is 2.23.